The molecule has 0 bridgehead atoms. The van der Waals surface area contributed by atoms with Crippen LogP contribution in [0, 0.1) is 0 Å². The van der Waals surface area contributed by atoms with E-state index in [0.717, 1.165) is 51.4 Å². The third-order valence-corrected chi connectivity index (χ3v) is 3.49. The zero-order valence-corrected chi connectivity index (χ0v) is 13.5. The van der Waals surface area contributed by atoms with Gasteiger partial charge in [-0.2, -0.15) is 0 Å². The molecule has 18 heavy (non-hydrogen) atoms. The molecular weight excluding hydrogens is 295 g/mol. The zero-order chi connectivity index (χ0) is 13.0. The van der Waals surface area contributed by atoms with Crippen LogP contribution in [0.1, 0.15) is 65.2 Å². The van der Waals surface area contributed by atoms with Crippen LogP contribution in [0.3, 0.4) is 0 Å². The molecule has 0 N–H and O–H groups in total. The summed E-state index contributed by atoms with van der Waals surface area (Å²) in [5, 5.41) is 0. The fourth-order valence-corrected chi connectivity index (χ4v) is 2.23. The SMILES string of the molecule is CCCCCCOP(=O)([O-])OCCCCCC.[Fe+2]. The van der Waals surface area contributed by atoms with Crippen molar-refractivity contribution in [3.05, 3.63) is 0 Å². The Bertz CT molecular complexity index is 196. The predicted octanol–water partition coefficient (Wildman–Crippen LogP) is 3.65. The number of unbranched alkanes of at least 4 members (excludes halogenated alkanes) is 6. The van der Waals surface area contributed by atoms with Gasteiger partial charge in [-0.3, -0.25) is 4.57 Å². The summed E-state index contributed by atoms with van der Waals surface area (Å²) >= 11 is 0. The molecule has 0 fully saturated rings. The fraction of sp³-hybridized carbons (Fsp3) is 1.00. The topological polar surface area (TPSA) is 58.6 Å². The van der Waals surface area contributed by atoms with Crippen molar-refractivity contribution in [1.29, 1.82) is 0 Å². The van der Waals surface area contributed by atoms with Gasteiger partial charge in [0.15, 0.2) is 0 Å². The number of hydrogen-bond donors (Lipinski definition) is 0. The summed E-state index contributed by atoms with van der Waals surface area (Å²) in [5.74, 6) is 0. The first-order valence-corrected chi connectivity index (χ1v) is 8.18. The van der Waals surface area contributed by atoms with E-state index in [2.05, 4.69) is 13.8 Å². The van der Waals surface area contributed by atoms with Gasteiger partial charge in [-0.25, -0.2) is 0 Å². The molecule has 0 aliphatic carbocycles. The van der Waals surface area contributed by atoms with Crippen LogP contribution in [0.5, 0.6) is 0 Å². The molecule has 0 heterocycles. The number of hydrogen-bond acceptors (Lipinski definition) is 4. The maximum Gasteiger partial charge on any atom is 2.00 e. The van der Waals surface area contributed by atoms with Crippen molar-refractivity contribution in [2.45, 2.75) is 65.2 Å². The van der Waals surface area contributed by atoms with Crippen molar-refractivity contribution in [3.8, 4) is 0 Å². The van der Waals surface area contributed by atoms with Crippen molar-refractivity contribution in [1.82, 2.24) is 0 Å². The van der Waals surface area contributed by atoms with Gasteiger partial charge in [-0.1, -0.05) is 52.4 Å². The summed E-state index contributed by atoms with van der Waals surface area (Å²) in [4.78, 5) is 11.3. The Balaban J connectivity index is 0. The van der Waals surface area contributed by atoms with E-state index in [1.54, 1.807) is 0 Å². The summed E-state index contributed by atoms with van der Waals surface area (Å²) in [6, 6.07) is 0. The normalized spacial score (nSPS) is 11.3. The minimum atomic E-state index is -4.04. The first-order chi connectivity index (χ1) is 8.12. The molecular formula is C12H26FeO4P+. The second-order valence-corrected chi connectivity index (χ2v) is 5.65. The van der Waals surface area contributed by atoms with Crippen molar-refractivity contribution < 1.29 is 35.6 Å². The molecule has 6 heteroatoms. The molecule has 0 saturated carbocycles. The van der Waals surface area contributed by atoms with E-state index in [0.29, 0.717) is 0 Å². The van der Waals surface area contributed by atoms with Crippen molar-refractivity contribution in [2.24, 2.45) is 0 Å². The van der Waals surface area contributed by atoms with E-state index in [1.807, 2.05) is 0 Å². The van der Waals surface area contributed by atoms with Crippen LogP contribution >= 0.6 is 7.82 Å². The van der Waals surface area contributed by atoms with Crippen LogP contribution in [0.4, 0.5) is 0 Å². The maximum absolute atomic E-state index is 11.3. The fourth-order valence-electron chi connectivity index (χ4n) is 1.45. The average Bonchev–Trinajstić information content (AvgIpc) is 2.28. The molecule has 0 radical (unpaired) electrons. The summed E-state index contributed by atoms with van der Waals surface area (Å²) in [7, 11) is -4.04. The van der Waals surface area contributed by atoms with Gasteiger partial charge in [0.2, 0.25) is 0 Å². The van der Waals surface area contributed by atoms with Gasteiger partial charge in [0.25, 0.3) is 7.82 Å². The molecule has 0 amide bonds. The van der Waals surface area contributed by atoms with E-state index in [4.69, 9.17) is 9.05 Å². The Morgan fingerprint density at radius 2 is 1.22 bits per heavy atom. The largest absolute Gasteiger partial charge is 2.00 e. The van der Waals surface area contributed by atoms with Gasteiger partial charge < -0.3 is 13.9 Å². The molecule has 110 valence electrons. The maximum atomic E-state index is 11.3. The monoisotopic (exact) mass is 321 g/mol. The summed E-state index contributed by atoms with van der Waals surface area (Å²) in [5.41, 5.74) is 0. The Morgan fingerprint density at radius 3 is 1.56 bits per heavy atom. The van der Waals surface area contributed by atoms with Crippen LogP contribution in [0.2, 0.25) is 0 Å². The van der Waals surface area contributed by atoms with Crippen molar-refractivity contribution in [3.63, 3.8) is 0 Å². The standard InChI is InChI=1S/C12H27O4P.Fe/c1-3-5-7-9-11-15-17(13,14)16-12-10-8-6-4-2;/h3-12H2,1-2H3,(H,13,14);/q;+2/p-1. The van der Waals surface area contributed by atoms with Crippen LogP contribution in [0.15, 0.2) is 0 Å². The molecule has 0 aliphatic rings. The van der Waals surface area contributed by atoms with Crippen molar-refractivity contribution >= 4 is 7.82 Å². The molecule has 0 saturated heterocycles. The third-order valence-electron chi connectivity index (χ3n) is 2.49. The van der Waals surface area contributed by atoms with E-state index < -0.39 is 7.82 Å². The Labute approximate surface area is 122 Å². The Hall–Kier alpha value is 0.629. The Kier molecular flexibility index (Phi) is 16.3. The molecule has 0 aromatic carbocycles. The van der Waals surface area contributed by atoms with Gasteiger partial charge in [0, 0.05) is 0 Å². The molecule has 0 unspecified atom stereocenters. The minimum Gasteiger partial charge on any atom is -0.756 e. The van der Waals surface area contributed by atoms with Crippen LogP contribution in [-0.4, -0.2) is 13.2 Å². The second-order valence-electron chi connectivity index (χ2n) is 4.23. The van der Waals surface area contributed by atoms with Crippen molar-refractivity contribution in [2.75, 3.05) is 13.2 Å². The van der Waals surface area contributed by atoms with Crippen LogP contribution in [0.25, 0.3) is 0 Å². The van der Waals surface area contributed by atoms with E-state index >= 15 is 0 Å². The second kappa shape index (κ2) is 14.0. The molecule has 0 aromatic rings. The van der Waals surface area contributed by atoms with Gasteiger partial charge in [-0.15, -0.1) is 0 Å². The molecule has 0 aliphatic heterocycles. The Morgan fingerprint density at radius 1 is 0.833 bits per heavy atom. The smallest absolute Gasteiger partial charge is 0.756 e. The molecule has 0 aromatic heterocycles. The predicted molar refractivity (Wildman–Crippen MR) is 67.8 cm³/mol. The van der Waals surface area contributed by atoms with Crippen LogP contribution in [-0.2, 0) is 30.7 Å². The van der Waals surface area contributed by atoms with E-state index in [1.165, 1.54) is 0 Å². The molecule has 0 atom stereocenters. The van der Waals surface area contributed by atoms with Gasteiger partial charge >= 0.3 is 17.1 Å². The summed E-state index contributed by atoms with van der Waals surface area (Å²) in [6.07, 6.45) is 8.05. The first kappa shape index (κ1) is 20.9. The molecule has 4 nitrogen and oxygen atoms in total. The third kappa shape index (κ3) is 14.7. The van der Waals surface area contributed by atoms with Crippen LogP contribution < -0.4 is 4.89 Å². The minimum absolute atomic E-state index is 0. The first-order valence-electron chi connectivity index (χ1n) is 6.72. The van der Waals surface area contributed by atoms with Gasteiger partial charge in [0.05, 0.1) is 13.2 Å². The average molecular weight is 321 g/mol. The number of phosphoric ester groups is 1. The summed E-state index contributed by atoms with van der Waals surface area (Å²) < 4.78 is 20.8. The van der Waals surface area contributed by atoms with Gasteiger partial charge in [-0.05, 0) is 12.8 Å². The van der Waals surface area contributed by atoms with E-state index in [-0.39, 0.29) is 30.3 Å². The molecule has 0 rings (SSSR count). The number of phosphoric acid groups is 1. The van der Waals surface area contributed by atoms with E-state index in [9.17, 15) is 9.46 Å². The summed E-state index contributed by atoms with van der Waals surface area (Å²) in [6.45, 7) is 4.71. The molecule has 0 spiro atoms. The van der Waals surface area contributed by atoms with Gasteiger partial charge in [0.1, 0.15) is 0 Å². The zero-order valence-electron chi connectivity index (χ0n) is 11.5. The number of rotatable bonds is 12. The quantitative estimate of drug-likeness (QED) is 0.313.